The summed E-state index contributed by atoms with van der Waals surface area (Å²) in [6.07, 6.45) is 27.2. The molecule has 1 rings (SSSR count). The van der Waals surface area contributed by atoms with Crippen LogP contribution in [0.4, 0.5) is 0 Å². The van der Waals surface area contributed by atoms with Gasteiger partial charge in [-0.1, -0.05) is 69.9 Å². The van der Waals surface area contributed by atoms with Crippen LogP contribution in [0.1, 0.15) is 126 Å². The highest BCUT2D eigenvalue weighted by molar-refractivity contribution is 6.22. The van der Waals surface area contributed by atoms with E-state index in [2.05, 4.69) is 84.9 Å². The lowest BCUT2D eigenvalue weighted by Gasteiger charge is -2.17. The van der Waals surface area contributed by atoms with Gasteiger partial charge in [0.15, 0.2) is 5.78 Å². The Morgan fingerprint density at radius 3 is 1.39 bits per heavy atom. The van der Waals surface area contributed by atoms with Gasteiger partial charge in [0.1, 0.15) is 11.5 Å². The predicted molar refractivity (Wildman–Crippen MR) is 180 cm³/mol. The predicted octanol–water partition coefficient (Wildman–Crippen LogP) is 11.4. The minimum absolute atomic E-state index is 0.0618. The smallest absolute Gasteiger partial charge is 0.185 e. The molecule has 0 amide bonds. The fourth-order valence-corrected chi connectivity index (χ4v) is 4.76. The molecule has 226 valence electrons. The first-order valence-electron chi connectivity index (χ1n) is 15.4. The van der Waals surface area contributed by atoms with E-state index in [4.69, 9.17) is 10.1 Å². The molecule has 0 bridgehead atoms. The van der Waals surface area contributed by atoms with E-state index in [0.29, 0.717) is 23.5 Å². The molecule has 0 saturated carbocycles. The molecular formula is C38H57NO2. The molecule has 0 unspecified atom stereocenters. The highest BCUT2D eigenvalue weighted by Crippen LogP contribution is 2.24. The Morgan fingerprint density at radius 2 is 1.02 bits per heavy atom. The summed E-state index contributed by atoms with van der Waals surface area (Å²) in [5, 5.41) is 8.32. The van der Waals surface area contributed by atoms with Gasteiger partial charge in [-0.05, 0) is 132 Å². The molecular weight excluding hydrogens is 502 g/mol. The van der Waals surface area contributed by atoms with Gasteiger partial charge in [0.05, 0.1) is 7.11 Å². The number of nitrogens with one attached hydrogen (secondary N) is 1. The van der Waals surface area contributed by atoms with Crippen LogP contribution in [0.5, 0.6) is 0 Å². The van der Waals surface area contributed by atoms with Crippen LogP contribution in [-0.2, 0) is 9.53 Å². The van der Waals surface area contributed by atoms with E-state index < -0.39 is 0 Å². The zero-order valence-electron chi connectivity index (χ0n) is 27.6. The number of hydrogen-bond donors (Lipinski definition) is 1. The number of allylic oxidation sites excluding steroid dienone is 15. The topological polar surface area (TPSA) is 50.2 Å². The van der Waals surface area contributed by atoms with E-state index in [1.54, 1.807) is 6.92 Å². The summed E-state index contributed by atoms with van der Waals surface area (Å²) in [6, 6.07) is 0. The van der Waals surface area contributed by atoms with Crippen molar-refractivity contribution in [2.24, 2.45) is 0 Å². The van der Waals surface area contributed by atoms with Crippen molar-refractivity contribution in [1.82, 2.24) is 0 Å². The summed E-state index contributed by atoms with van der Waals surface area (Å²) in [4.78, 5) is 12.2. The number of carbonyl (C=O) groups is 1. The van der Waals surface area contributed by atoms with Gasteiger partial charge in [-0.2, -0.15) is 0 Å². The Kier molecular flexibility index (Phi) is 17.6. The summed E-state index contributed by atoms with van der Waals surface area (Å²) in [6.45, 7) is 17.3. The van der Waals surface area contributed by atoms with Crippen molar-refractivity contribution < 1.29 is 9.53 Å². The first-order valence-corrected chi connectivity index (χ1v) is 15.4. The number of ether oxygens (including phenoxy) is 1. The third kappa shape index (κ3) is 15.6. The zero-order chi connectivity index (χ0) is 30.8. The van der Waals surface area contributed by atoms with E-state index in [-0.39, 0.29) is 5.78 Å². The van der Waals surface area contributed by atoms with Gasteiger partial charge in [0.2, 0.25) is 0 Å². The van der Waals surface area contributed by atoms with Crippen LogP contribution in [0.25, 0.3) is 0 Å². The molecule has 41 heavy (non-hydrogen) atoms. The van der Waals surface area contributed by atoms with Crippen LogP contribution in [0.2, 0.25) is 0 Å². The molecule has 0 spiro atoms. The van der Waals surface area contributed by atoms with Gasteiger partial charge < -0.3 is 4.74 Å². The van der Waals surface area contributed by atoms with Crippen LogP contribution < -0.4 is 0 Å². The molecule has 3 heteroatoms. The molecule has 1 aliphatic carbocycles. The summed E-state index contributed by atoms with van der Waals surface area (Å²) in [5.74, 6) is 0.296. The van der Waals surface area contributed by atoms with Gasteiger partial charge in [0, 0.05) is 11.6 Å². The molecule has 0 heterocycles. The van der Waals surface area contributed by atoms with Crippen molar-refractivity contribution in [3.63, 3.8) is 0 Å². The standard InChI is InChI=1S/C38H57NO2/c1-28(2)15-10-16-29(3)17-11-18-30(4)19-12-20-31(5)21-13-22-32(6)23-14-24-33(7)25-26-35-34(8)36(40)27-37(41-9)38(35)39/h15,17,19,21,23,25,27,39H,10-14,16,18,20,22,24,26H2,1-9H3/b29-17+,30-19+,31-21+,32-23+,33-25+,39-38?. The van der Waals surface area contributed by atoms with Gasteiger partial charge in [-0.3, -0.25) is 10.2 Å². The average molecular weight is 560 g/mol. The Labute approximate surface area is 252 Å². The molecule has 0 aliphatic heterocycles. The molecule has 0 aromatic rings. The molecule has 0 fully saturated rings. The second-order valence-electron chi connectivity index (χ2n) is 12.0. The minimum Gasteiger partial charge on any atom is -0.494 e. The van der Waals surface area contributed by atoms with E-state index in [1.807, 2.05) is 0 Å². The molecule has 0 aromatic heterocycles. The minimum atomic E-state index is -0.0618. The quantitative estimate of drug-likeness (QED) is 0.134. The Bertz CT molecular complexity index is 1140. The maximum absolute atomic E-state index is 12.2. The second kappa shape index (κ2) is 20.0. The summed E-state index contributed by atoms with van der Waals surface area (Å²) >= 11 is 0. The molecule has 0 aromatic carbocycles. The number of ketones is 1. The van der Waals surface area contributed by atoms with Gasteiger partial charge in [0.25, 0.3) is 0 Å². The third-order valence-corrected chi connectivity index (χ3v) is 7.72. The normalized spacial score (nSPS) is 15.9. The molecule has 3 nitrogen and oxygen atoms in total. The van der Waals surface area contributed by atoms with Crippen molar-refractivity contribution in [2.75, 3.05) is 7.11 Å². The van der Waals surface area contributed by atoms with Crippen LogP contribution >= 0.6 is 0 Å². The van der Waals surface area contributed by atoms with Crippen molar-refractivity contribution in [3.05, 3.63) is 92.9 Å². The van der Waals surface area contributed by atoms with Gasteiger partial charge in [-0.15, -0.1) is 0 Å². The molecule has 0 saturated heterocycles. The molecule has 1 N–H and O–H groups in total. The maximum Gasteiger partial charge on any atom is 0.185 e. The third-order valence-electron chi connectivity index (χ3n) is 7.72. The fraction of sp³-hybridized carbons (Fsp3) is 0.526. The highest BCUT2D eigenvalue weighted by Gasteiger charge is 2.22. The Morgan fingerprint density at radius 1 is 0.659 bits per heavy atom. The van der Waals surface area contributed by atoms with E-state index >= 15 is 0 Å². The molecule has 1 aliphatic rings. The number of hydrogen-bond acceptors (Lipinski definition) is 3. The second-order valence-corrected chi connectivity index (χ2v) is 12.0. The lowest BCUT2D eigenvalue weighted by Crippen LogP contribution is -2.18. The molecule has 0 atom stereocenters. The maximum atomic E-state index is 12.2. The lowest BCUT2D eigenvalue weighted by molar-refractivity contribution is -0.111. The summed E-state index contributed by atoms with van der Waals surface area (Å²) in [5.41, 5.74) is 10.4. The van der Waals surface area contributed by atoms with E-state index in [1.165, 1.54) is 53.0 Å². The number of methoxy groups -OCH3 is 1. The Hall–Kier alpha value is -2.94. The average Bonchev–Trinajstić information content (AvgIpc) is 2.90. The largest absolute Gasteiger partial charge is 0.494 e. The first kappa shape index (κ1) is 36.1. The Balaban J connectivity index is 2.35. The summed E-state index contributed by atoms with van der Waals surface area (Å²) in [7, 11) is 1.51. The van der Waals surface area contributed by atoms with Crippen LogP contribution in [-0.4, -0.2) is 18.6 Å². The van der Waals surface area contributed by atoms with Crippen LogP contribution in [0, 0.1) is 5.41 Å². The van der Waals surface area contributed by atoms with E-state index in [9.17, 15) is 4.79 Å². The first-order chi connectivity index (χ1) is 19.4. The van der Waals surface area contributed by atoms with Crippen molar-refractivity contribution >= 4 is 11.5 Å². The van der Waals surface area contributed by atoms with E-state index in [0.717, 1.165) is 63.4 Å². The van der Waals surface area contributed by atoms with Crippen molar-refractivity contribution in [3.8, 4) is 0 Å². The van der Waals surface area contributed by atoms with Crippen molar-refractivity contribution in [2.45, 2.75) is 126 Å². The lowest BCUT2D eigenvalue weighted by atomic mass is 9.91. The summed E-state index contributed by atoms with van der Waals surface area (Å²) < 4.78 is 5.20. The number of rotatable bonds is 18. The van der Waals surface area contributed by atoms with Gasteiger partial charge >= 0.3 is 0 Å². The SMILES string of the molecule is COC1=CC(=O)C(C)=C(C/C=C(\C)CC/C=C(\C)CC/C=C(\C)CC/C=C(\C)CC/C=C(\C)CCC=C(C)C)C1=N. The zero-order valence-corrected chi connectivity index (χ0v) is 27.6. The van der Waals surface area contributed by atoms with Crippen LogP contribution in [0.15, 0.2) is 92.9 Å². The van der Waals surface area contributed by atoms with Crippen molar-refractivity contribution in [1.29, 1.82) is 5.41 Å². The fourth-order valence-electron chi connectivity index (χ4n) is 4.76. The van der Waals surface area contributed by atoms with Crippen LogP contribution in [0.3, 0.4) is 0 Å². The molecule has 0 radical (unpaired) electrons. The highest BCUT2D eigenvalue weighted by atomic mass is 16.5. The number of carbonyl (C=O) groups excluding carboxylic acids is 1. The monoisotopic (exact) mass is 559 g/mol. The van der Waals surface area contributed by atoms with Gasteiger partial charge in [-0.25, -0.2) is 0 Å².